The molecule has 0 aromatic carbocycles. The quantitative estimate of drug-likeness (QED) is 0.183. The minimum Gasteiger partial charge on any atom is -0.393 e. The van der Waals surface area contributed by atoms with Crippen LogP contribution in [-0.4, -0.2) is 56.2 Å². The van der Waals surface area contributed by atoms with E-state index in [0.29, 0.717) is 38.5 Å². The number of hydrogen-bond donors (Lipinski definition) is 4. The van der Waals surface area contributed by atoms with Crippen molar-refractivity contribution in [2.75, 3.05) is 0 Å². The van der Waals surface area contributed by atoms with E-state index in [1.54, 1.807) is 13.8 Å². The molecular formula is C32H46F6O4. The second kappa shape index (κ2) is 12.5. The average Bonchev–Trinajstić information content (AvgIpc) is 3.18. The van der Waals surface area contributed by atoms with Gasteiger partial charge in [0.15, 0.2) is 0 Å². The highest BCUT2D eigenvalue weighted by molar-refractivity contribution is 5.27. The summed E-state index contributed by atoms with van der Waals surface area (Å²) in [6, 6.07) is 0. The molecule has 10 heteroatoms. The molecule has 0 radical (unpaired) electrons. The minimum atomic E-state index is -6.00. The fraction of sp³-hybridized carbons (Fsp3) is 0.812. The summed E-state index contributed by atoms with van der Waals surface area (Å²) in [4.78, 5) is 0. The Bertz CT molecular complexity index is 1050. The standard InChI is InChI=1S/C32H46F6O4/c1-27(2,41)13-6-14-28(3,15-7-17-30(42,31(33,34)35)32(36,37)38)26-12-11-25-22(8-5-16-29(25,26)4)10-9-21-18-23(39)20-24(40)19-21/h9-10,23-26,39-42H,5-6,8,11-16,18-20H2,1-4H3/t23-,24-,25?,26?,28-,29+/m1/s1. The van der Waals surface area contributed by atoms with Crippen molar-refractivity contribution in [3.05, 3.63) is 23.3 Å². The maximum Gasteiger partial charge on any atom is 0.438 e. The van der Waals surface area contributed by atoms with Crippen molar-refractivity contribution in [3.8, 4) is 11.8 Å². The molecule has 0 bridgehead atoms. The first kappa shape index (κ1) is 34.9. The summed E-state index contributed by atoms with van der Waals surface area (Å²) >= 11 is 0. The van der Waals surface area contributed by atoms with Gasteiger partial charge in [-0.3, -0.25) is 0 Å². The van der Waals surface area contributed by atoms with Gasteiger partial charge in [0.1, 0.15) is 0 Å². The van der Waals surface area contributed by atoms with E-state index in [9.17, 15) is 46.8 Å². The number of aliphatic hydroxyl groups excluding tert-OH is 2. The minimum absolute atomic E-state index is 0.0503. The molecule has 0 saturated heterocycles. The van der Waals surface area contributed by atoms with Crippen molar-refractivity contribution in [1.29, 1.82) is 0 Å². The third kappa shape index (κ3) is 7.75. The maximum absolute atomic E-state index is 13.3. The lowest BCUT2D eigenvalue weighted by Gasteiger charge is -2.49. The van der Waals surface area contributed by atoms with Gasteiger partial charge in [-0.15, -0.1) is 0 Å². The zero-order valence-corrected chi connectivity index (χ0v) is 25.0. The van der Waals surface area contributed by atoms with Gasteiger partial charge < -0.3 is 20.4 Å². The SMILES string of the molecule is CC(C)(O)CCC[C@](C)(CC#CC(O)(C(F)(F)F)C(F)(F)F)C1CCC2C(=CC=C3C[C@@H](O)C[C@H](O)C3)CCC[C@@]21C. The first-order chi connectivity index (χ1) is 19.1. The van der Waals surface area contributed by atoms with E-state index >= 15 is 0 Å². The zero-order valence-electron chi connectivity index (χ0n) is 25.0. The van der Waals surface area contributed by atoms with Crippen LogP contribution in [0.3, 0.4) is 0 Å². The van der Waals surface area contributed by atoms with E-state index in [2.05, 4.69) is 18.9 Å². The van der Waals surface area contributed by atoms with E-state index in [1.807, 2.05) is 13.0 Å². The van der Waals surface area contributed by atoms with Gasteiger partial charge in [-0.05, 0) is 107 Å². The van der Waals surface area contributed by atoms with Crippen molar-refractivity contribution in [3.63, 3.8) is 0 Å². The van der Waals surface area contributed by atoms with Gasteiger partial charge in [0, 0.05) is 6.42 Å². The molecule has 0 spiro atoms. The van der Waals surface area contributed by atoms with Crippen LogP contribution in [0, 0.1) is 34.5 Å². The lowest BCUT2D eigenvalue weighted by Crippen LogP contribution is -2.55. The van der Waals surface area contributed by atoms with Gasteiger partial charge in [-0.1, -0.05) is 49.5 Å². The molecule has 0 amide bonds. The Morgan fingerprint density at radius 2 is 1.50 bits per heavy atom. The van der Waals surface area contributed by atoms with Crippen molar-refractivity contribution in [2.24, 2.45) is 22.7 Å². The molecule has 240 valence electrons. The second-order valence-corrected chi connectivity index (χ2v) is 14.1. The topological polar surface area (TPSA) is 80.9 Å². The smallest absolute Gasteiger partial charge is 0.393 e. The number of halogens is 6. The molecule has 0 aromatic heterocycles. The first-order valence-electron chi connectivity index (χ1n) is 14.9. The van der Waals surface area contributed by atoms with Crippen LogP contribution in [0.25, 0.3) is 0 Å². The summed E-state index contributed by atoms with van der Waals surface area (Å²) in [5.41, 5.74) is -4.88. The van der Waals surface area contributed by atoms with Gasteiger partial charge in [0.25, 0.3) is 0 Å². The lowest BCUT2D eigenvalue weighted by atomic mass is 9.55. The Labute approximate surface area is 245 Å². The first-order valence-corrected chi connectivity index (χ1v) is 14.9. The summed E-state index contributed by atoms with van der Waals surface area (Å²) in [7, 11) is 0. The molecule has 0 aromatic rings. The highest BCUT2D eigenvalue weighted by Crippen LogP contribution is 2.63. The second-order valence-electron chi connectivity index (χ2n) is 14.1. The summed E-state index contributed by atoms with van der Waals surface area (Å²) < 4.78 is 79.7. The maximum atomic E-state index is 13.3. The normalized spacial score (nSPS) is 31.8. The summed E-state index contributed by atoms with van der Waals surface area (Å²) in [6.07, 6.45) is -2.41. The predicted molar refractivity (Wildman–Crippen MR) is 148 cm³/mol. The molecule has 4 N–H and O–H groups in total. The van der Waals surface area contributed by atoms with Crippen molar-refractivity contribution < 1.29 is 46.8 Å². The molecule has 3 rings (SSSR count). The van der Waals surface area contributed by atoms with Crippen LogP contribution in [-0.2, 0) is 0 Å². The van der Waals surface area contributed by atoms with E-state index in [-0.39, 0.29) is 23.7 Å². The van der Waals surface area contributed by atoms with Crippen LogP contribution in [0.15, 0.2) is 23.3 Å². The summed E-state index contributed by atoms with van der Waals surface area (Å²) in [6.45, 7) is 7.34. The van der Waals surface area contributed by atoms with Gasteiger partial charge in [0.05, 0.1) is 17.8 Å². The van der Waals surface area contributed by atoms with Gasteiger partial charge in [0.2, 0.25) is 0 Å². The molecule has 3 aliphatic rings. The Morgan fingerprint density at radius 3 is 2.05 bits per heavy atom. The molecule has 0 aliphatic heterocycles. The highest BCUT2D eigenvalue weighted by atomic mass is 19.4. The number of aliphatic hydroxyl groups is 4. The molecule has 3 saturated carbocycles. The molecule has 3 fully saturated rings. The average molecular weight is 609 g/mol. The molecule has 3 aliphatic carbocycles. The lowest BCUT2D eigenvalue weighted by molar-refractivity contribution is -0.343. The van der Waals surface area contributed by atoms with Gasteiger partial charge in [-0.2, -0.15) is 26.3 Å². The van der Waals surface area contributed by atoms with E-state index in [1.165, 1.54) is 11.5 Å². The highest BCUT2D eigenvalue weighted by Gasteiger charge is 2.70. The largest absolute Gasteiger partial charge is 0.438 e. The van der Waals surface area contributed by atoms with E-state index in [4.69, 9.17) is 0 Å². The van der Waals surface area contributed by atoms with Crippen LogP contribution in [0.4, 0.5) is 26.3 Å². The Kier molecular flexibility index (Phi) is 10.4. The monoisotopic (exact) mass is 608 g/mol. The van der Waals surface area contributed by atoms with Crippen LogP contribution in [0.5, 0.6) is 0 Å². The number of alkyl halides is 6. The van der Waals surface area contributed by atoms with Crippen molar-refractivity contribution in [2.45, 2.75) is 141 Å². The molecule has 4 nitrogen and oxygen atoms in total. The summed E-state index contributed by atoms with van der Waals surface area (Å²) in [5.74, 6) is 3.42. The van der Waals surface area contributed by atoms with Crippen LogP contribution >= 0.6 is 0 Å². The predicted octanol–water partition coefficient (Wildman–Crippen LogP) is 7.16. The van der Waals surface area contributed by atoms with E-state index < -0.39 is 41.2 Å². The number of hydrogen-bond acceptors (Lipinski definition) is 4. The molecule has 42 heavy (non-hydrogen) atoms. The summed E-state index contributed by atoms with van der Waals surface area (Å²) in [5, 5.41) is 39.9. The Balaban J connectivity index is 1.93. The van der Waals surface area contributed by atoms with Crippen LogP contribution in [0.1, 0.15) is 105 Å². The number of allylic oxidation sites excluding steroid dienone is 3. The third-order valence-electron chi connectivity index (χ3n) is 10.00. The molecule has 6 atom stereocenters. The van der Waals surface area contributed by atoms with Crippen molar-refractivity contribution in [1.82, 2.24) is 0 Å². The third-order valence-corrected chi connectivity index (χ3v) is 10.00. The fourth-order valence-corrected chi connectivity index (χ4v) is 7.90. The van der Waals surface area contributed by atoms with Gasteiger partial charge in [-0.25, -0.2) is 0 Å². The number of fused-ring (bicyclic) bond motifs is 1. The van der Waals surface area contributed by atoms with Crippen molar-refractivity contribution >= 4 is 0 Å². The number of rotatable bonds is 7. The molecule has 2 unspecified atom stereocenters. The zero-order chi connectivity index (χ0) is 31.8. The Morgan fingerprint density at radius 1 is 0.905 bits per heavy atom. The molecular weight excluding hydrogens is 562 g/mol. The molecule has 0 heterocycles. The Hall–Kier alpha value is -1.54. The van der Waals surface area contributed by atoms with Crippen LogP contribution in [0.2, 0.25) is 0 Å². The van der Waals surface area contributed by atoms with Gasteiger partial charge >= 0.3 is 18.0 Å². The van der Waals surface area contributed by atoms with Crippen LogP contribution < -0.4 is 0 Å². The fourth-order valence-electron chi connectivity index (χ4n) is 7.90. The van der Waals surface area contributed by atoms with E-state index in [0.717, 1.165) is 37.7 Å².